The van der Waals surface area contributed by atoms with Crippen LogP contribution in [0, 0.1) is 17.6 Å². The average Bonchev–Trinajstić information content (AvgIpc) is 2.58. The highest BCUT2D eigenvalue weighted by Gasteiger charge is 2.19. The van der Waals surface area contributed by atoms with Gasteiger partial charge in [0.25, 0.3) is 0 Å². The summed E-state index contributed by atoms with van der Waals surface area (Å²) in [5, 5.41) is 0. The maximum Gasteiger partial charge on any atom is 0.163 e. The van der Waals surface area contributed by atoms with Crippen molar-refractivity contribution in [3.8, 4) is 0 Å². The zero-order valence-electron chi connectivity index (χ0n) is 11.4. The molecule has 0 aliphatic carbocycles. The van der Waals surface area contributed by atoms with Crippen LogP contribution in [0.1, 0.15) is 37.8 Å². The number of benzene rings is 1. The first-order chi connectivity index (χ1) is 9.08. The molecule has 0 aromatic heterocycles. The van der Waals surface area contributed by atoms with E-state index in [2.05, 4.69) is 11.8 Å². The molecule has 1 fully saturated rings. The Morgan fingerprint density at radius 2 is 2.11 bits per heavy atom. The molecule has 2 nitrogen and oxygen atoms in total. The summed E-state index contributed by atoms with van der Waals surface area (Å²) in [7, 11) is 0. The second-order valence-electron chi connectivity index (χ2n) is 5.59. The Balaban J connectivity index is 2.00. The van der Waals surface area contributed by atoms with E-state index >= 15 is 0 Å². The number of nitrogens with zero attached hydrogens (tertiary/aromatic N) is 1. The molecule has 0 saturated carbocycles. The van der Waals surface area contributed by atoms with Gasteiger partial charge in [0.15, 0.2) is 11.6 Å². The Hall–Kier alpha value is -1.00. The van der Waals surface area contributed by atoms with Gasteiger partial charge in [-0.2, -0.15) is 0 Å². The van der Waals surface area contributed by atoms with Crippen LogP contribution in [-0.2, 0) is 0 Å². The SMILES string of the molecule is CC1CCCN(CC(N)c2cccc(F)c2F)CC1. The topological polar surface area (TPSA) is 29.3 Å². The fourth-order valence-electron chi connectivity index (χ4n) is 2.69. The standard InChI is InChI=1S/C15H22F2N2/c1-11-4-3-8-19(9-7-11)10-14(18)12-5-2-6-13(16)15(12)17/h2,5-6,11,14H,3-4,7-10,18H2,1H3. The minimum absolute atomic E-state index is 0.275. The molecule has 4 heteroatoms. The summed E-state index contributed by atoms with van der Waals surface area (Å²) in [6.45, 7) is 4.84. The van der Waals surface area contributed by atoms with Crippen molar-refractivity contribution in [2.24, 2.45) is 11.7 Å². The zero-order chi connectivity index (χ0) is 13.8. The third kappa shape index (κ3) is 3.74. The molecule has 0 bridgehead atoms. The lowest BCUT2D eigenvalue weighted by atomic mass is 10.0. The summed E-state index contributed by atoms with van der Waals surface area (Å²) in [6.07, 6.45) is 3.54. The lowest BCUT2D eigenvalue weighted by Gasteiger charge is -2.24. The molecule has 2 rings (SSSR count). The summed E-state index contributed by atoms with van der Waals surface area (Å²) < 4.78 is 26.9. The first kappa shape index (κ1) is 14.4. The highest BCUT2D eigenvalue weighted by atomic mass is 19.2. The van der Waals surface area contributed by atoms with Gasteiger partial charge in [0.05, 0.1) is 0 Å². The Labute approximate surface area is 113 Å². The van der Waals surface area contributed by atoms with Gasteiger partial charge >= 0.3 is 0 Å². The Kier molecular flexibility index (Phi) is 4.88. The van der Waals surface area contributed by atoms with Gasteiger partial charge in [-0.25, -0.2) is 8.78 Å². The molecule has 2 N–H and O–H groups in total. The predicted octanol–water partition coefficient (Wildman–Crippen LogP) is 3.09. The van der Waals surface area contributed by atoms with Crippen molar-refractivity contribution in [1.82, 2.24) is 4.90 Å². The number of likely N-dealkylation sites (tertiary alicyclic amines) is 1. The molecular weight excluding hydrogens is 246 g/mol. The molecule has 2 unspecified atom stereocenters. The molecular formula is C15H22F2N2. The van der Waals surface area contributed by atoms with E-state index in [0.717, 1.165) is 37.9 Å². The molecule has 1 saturated heterocycles. The van der Waals surface area contributed by atoms with Gasteiger partial charge in [-0.05, 0) is 44.3 Å². The van der Waals surface area contributed by atoms with E-state index in [-0.39, 0.29) is 5.56 Å². The normalized spacial score (nSPS) is 23.1. The number of halogens is 2. The maximum atomic E-state index is 13.7. The third-order valence-corrected chi connectivity index (χ3v) is 3.95. The second-order valence-corrected chi connectivity index (χ2v) is 5.59. The highest BCUT2D eigenvalue weighted by molar-refractivity contribution is 5.22. The summed E-state index contributed by atoms with van der Waals surface area (Å²) >= 11 is 0. The number of nitrogens with two attached hydrogens (primary N) is 1. The van der Waals surface area contributed by atoms with Crippen LogP contribution in [0.5, 0.6) is 0 Å². The van der Waals surface area contributed by atoms with Crippen LogP contribution in [0.2, 0.25) is 0 Å². The van der Waals surface area contributed by atoms with Gasteiger partial charge in [0.1, 0.15) is 0 Å². The van der Waals surface area contributed by atoms with E-state index in [1.807, 2.05) is 0 Å². The molecule has 0 spiro atoms. The van der Waals surface area contributed by atoms with Gasteiger partial charge in [0.2, 0.25) is 0 Å². The van der Waals surface area contributed by atoms with Gasteiger partial charge in [-0.3, -0.25) is 0 Å². The number of rotatable bonds is 3. The van der Waals surface area contributed by atoms with Crippen LogP contribution in [0.3, 0.4) is 0 Å². The smallest absolute Gasteiger partial charge is 0.163 e. The van der Waals surface area contributed by atoms with E-state index in [1.165, 1.54) is 12.5 Å². The van der Waals surface area contributed by atoms with Gasteiger partial charge < -0.3 is 10.6 Å². The molecule has 1 aliphatic heterocycles. The average molecular weight is 268 g/mol. The summed E-state index contributed by atoms with van der Waals surface area (Å²) in [6, 6.07) is 3.74. The molecule has 2 atom stereocenters. The fraction of sp³-hybridized carbons (Fsp3) is 0.600. The van der Waals surface area contributed by atoms with Crippen molar-refractivity contribution in [2.75, 3.05) is 19.6 Å². The van der Waals surface area contributed by atoms with Crippen molar-refractivity contribution in [2.45, 2.75) is 32.2 Å². The zero-order valence-corrected chi connectivity index (χ0v) is 11.4. The Morgan fingerprint density at radius 3 is 2.89 bits per heavy atom. The van der Waals surface area contributed by atoms with Crippen molar-refractivity contribution >= 4 is 0 Å². The van der Waals surface area contributed by atoms with E-state index in [4.69, 9.17) is 5.73 Å². The van der Waals surface area contributed by atoms with Crippen LogP contribution in [0.25, 0.3) is 0 Å². The van der Waals surface area contributed by atoms with Crippen LogP contribution in [0.4, 0.5) is 8.78 Å². The molecule has 1 aliphatic rings. The van der Waals surface area contributed by atoms with E-state index in [0.29, 0.717) is 6.54 Å². The molecule has 106 valence electrons. The third-order valence-electron chi connectivity index (χ3n) is 3.95. The summed E-state index contributed by atoms with van der Waals surface area (Å²) in [5.41, 5.74) is 6.31. The maximum absolute atomic E-state index is 13.7. The number of hydrogen-bond donors (Lipinski definition) is 1. The van der Waals surface area contributed by atoms with Crippen molar-refractivity contribution in [3.05, 3.63) is 35.4 Å². The van der Waals surface area contributed by atoms with Crippen LogP contribution in [0.15, 0.2) is 18.2 Å². The number of hydrogen-bond acceptors (Lipinski definition) is 2. The Morgan fingerprint density at radius 1 is 1.32 bits per heavy atom. The molecule has 1 aromatic rings. The molecule has 0 radical (unpaired) electrons. The largest absolute Gasteiger partial charge is 0.323 e. The second kappa shape index (κ2) is 6.44. The van der Waals surface area contributed by atoms with Crippen LogP contribution in [-0.4, -0.2) is 24.5 Å². The van der Waals surface area contributed by atoms with Crippen molar-refractivity contribution in [3.63, 3.8) is 0 Å². The van der Waals surface area contributed by atoms with Gasteiger partial charge in [-0.15, -0.1) is 0 Å². The first-order valence-electron chi connectivity index (χ1n) is 6.99. The minimum Gasteiger partial charge on any atom is -0.323 e. The van der Waals surface area contributed by atoms with Crippen molar-refractivity contribution < 1.29 is 8.78 Å². The molecule has 0 amide bonds. The highest BCUT2D eigenvalue weighted by Crippen LogP contribution is 2.21. The lowest BCUT2D eigenvalue weighted by Crippen LogP contribution is -2.33. The summed E-state index contributed by atoms with van der Waals surface area (Å²) in [4.78, 5) is 2.26. The minimum atomic E-state index is -0.822. The van der Waals surface area contributed by atoms with E-state index in [9.17, 15) is 8.78 Å². The monoisotopic (exact) mass is 268 g/mol. The van der Waals surface area contributed by atoms with Gasteiger partial charge in [-0.1, -0.05) is 19.1 Å². The van der Waals surface area contributed by atoms with E-state index in [1.54, 1.807) is 6.07 Å². The van der Waals surface area contributed by atoms with E-state index < -0.39 is 17.7 Å². The fourth-order valence-corrected chi connectivity index (χ4v) is 2.69. The Bertz CT molecular complexity index is 423. The molecule has 1 aromatic carbocycles. The summed E-state index contributed by atoms with van der Waals surface area (Å²) in [5.74, 6) is -0.886. The van der Waals surface area contributed by atoms with Crippen molar-refractivity contribution in [1.29, 1.82) is 0 Å². The first-order valence-corrected chi connectivity index (χ1v) is 6.99. The van der Waals surface area contributed by atoms with Gasteiger partial charge in [0, 0.05) is 18.2 Å². The van der Waals surface area contributed by atoms with Crippen LogP contribution >= 0.6 is 0 Å². The molecule has 1 heterocycles. The quantitative estimate of drug-likeness (QED) is 0.912. The van der Waals surface area contributed by atoms with Crippen LogP contribution < -0.4 is 5.73 Å². The molecule has 19 heavy (non-hydrogen) atoms. The lowest BCUT2D eigenvalue weighted by molar-refractivity contribution is 0.262. The predicted molar refractivity (Wildman–Crippen MR) is 72.7 cm³/mol.